The number of carbonyl (C=O) groups is 1. The largest absolute Gasteiger partial charge is 0.328 e. The van der Waals surface area contributed by atoms with Gasteiger partial charge in [-0.1, -0.05) is 30.3 Å². The molecule has 0 saturated carbocycles. The zero-order chi connectivity index (χ0) is 13.2. The topological polar surface area (TPSA) is 41.1 Å². The zero-order valence-electron chi connectivity index (χ0n) is 9.84. The molecule has 19 heavy (non-hydrogen) atoms. The second-order valence-electron chi connectivity index (χ2n) is 4.03. The van der Waals surface area contributed by atoms with Crippen molar-refractivity contribution >= 4 is 40.7 Å². The van der Waals surface area contributed by atoms with Crippen molar-refractivity contribution < 1.29 is 4.79 Å². The molecule has 3 rings (SSSR count). The van der Waals surface area contributed by atoms with Crippen LogP contribution in [0.4, 0.5) is 0 Å². The standard InChI is InChI=1S/C14H10N2OS2/c17-13-11(15-14(18)16-13)8-10-6-7-12(19-10)9-4-2-1-3-5-9/h1-8H,(H2,15,16,17,18)/b11-8-. The van der Waals surface area contributed by atoms with Gasteiger partial charge in [0.1, 0.15) is 5.70 Å². The van der Waals surface area contributed by atoms with E-state index in [1.54, 1.807) is 11.3 Å². The number of thiocarbonyl (C=S) groups is 1. The minimum absolute atomic E-state index is 0.181. The van der Waals surface area contributed by atoms with Crippen LogP contribution in [0.25, 0.3) is 16.5 Å². The molecular weight excluding hydrogens is 276 g/mol. The van der Waals surface area contributed by atoms with Crippen LogP contribution in [-0.2, 0) is 4.79 Å². The molecule has 1 aliphatic rings. The SMILES string of the molecule is O=C1NC(=S)N/C1=C\c1ccc(-c2ccccc2)s1. The van der Waals surface area contributed by atoms with Gasteiger partial charge in [-0.3, -0.25) is 10.1 Å². The summed E-state index contributed by atoms with van der Waals surface area (Å²) < 4.78 is 0. The fourth-order valence-electron chi connectivity index (χ4n) is 1.81. The summed E-state index contributed by atoms with van der Waals surface area (Å²) >= 11 is 6.53. The van der Waals surface area contributed by atoms with Crippen molar-refractivity contribution in [2.45, 2.75) is 0 Å². The van der Waals surface area contributed by atoms with Gasteiger partial charge < -0.3 is 5.32 Å². The average molecular weight is 286 g/mol. The van der Waals surface area contributed by atoms with Gasteiger partial charge in [0.05, 0.1) is 0 Å². The summed E-state index contributed by atoms with van der Waals surface area (Å²) in [6.07, 6.45) is 1.81. The number of carbonyl (C=O) groups excluding carboxylic acids is 1. The Bertz CT molecular complexity index is 674. The zero-order valence-corrected chi connectivity index (χ0v) is 11.5. The lowest BCUT2D eigenvalue weighted by Gasteiger charge is -1.95. The predicted octanol–water partition coefficient (Wildman–Crippen LogP) is 2.76. The lowest BCUT2D eigenvalue weighted by molar-refractivity contribution is -0.115. The van der Waals surface area contributed by atoms with Gasteiger partial charge in [-0.25, -0.2) is 0 Å². The number of hydrogen-bond donors (Lipinski definition) is 2. The molecular formula is C14H10N2OS2. The van der Waals surface area contributed by atoms with Crippen molar-refractivity contribution in [3.8, 4) is 10.4 Å². The smallest absolute Gasteiger partial charge is 0.273 e. The maximum Gasteiger partial charge on any atom is 0.273 e. The summed E-state index contributed by atoms with van der Waals surface area (Å²) in [5, 5.41) is 5.74. The van der Waals surface area contributed by atoms with Gasteiger partial charge in [0.25, 0.3) is 5.91 Å². The Morgan fingerprint density at radius 3 is 2.53 bits per heavy atom. The molecule has 0 aliphatic carbocycles. The first-order chi connectivity index (χ1) is 9.22. The quantitative estimate of drug-likeness (QED) is 0.659. The molecule has 0 radical (unpaired) electrons. The van der Waals surface area contributed by atoms with Gasteiger partial charge in [-0.2, -0.15) is 0 Å². The third kappa shape index (κ3) is 2.57. The molecule has 1 aliphatic heterocycles. The van der Waals surface area contributed by atoms with Crippen LogP contribution in [0.5, 0.6) is 0 Å². The highest BCUT2D eigenvalue weighted by Crippen LogP contribution is 2.29. The minimum atomic E-state index is -0.181. The highest BCUT2D eigenvalue weighted by atomic mass is 32.1. The molecule has 0 unspecified atom stereocenters. The monoisotopic (exact) mass is 286 g/mol. The number of amides is 1. The van der Waals surface area contributed by atoms with Gasteiger partial charge in [0.2, 0.25) is 0 Å². The van der Waals surface area contributed by atoms with Crippen LogP contribution in [0.3, 0.4) is 0 Å². The van der Waals surface area contributed by atoms with Crippen LogP contribution in [0.1, 0.15) is 4.88 Å². The van der Waals surface area contributed by atoms with Gasteiger partial charge in [-0.15, -0.1) is 11.3 Å². The van der Waals surface area contributed by atoms with Crippen LogP contribution < -0.4 is 10.6 Å². The molecule has 2 aromatic rings. The number of thiophene rings is 1. The highest BCUT2D eigenvalue weighted by molar-refractivity contribution is 7.80. The van der Waals surface area contributed by atoms with E-state index in [1.165, 1.54) is 10.4 Å². The number of hydrogen-bond acceptors (Lipinski definition) is 3. The number of rotatable bonds is 2. The third-order valence-electron chi connectivity index (χ3n) is 2.69. The second kappa shape index (κ2) is 4.95. The van der Waals surface area contributed by atoms with E-state index in [0.29, 0.717) is 10.8 Å². The number of nitrogens with one attached hydrogen (secondary N) is 2. The Hall–Kier alpha value is -1.98. The minimum Gasteiger partial charge on any atom is -0.328 e. The Labute approximate surface area is 120 Å². The Morgan fingerprint density at radius 2 is 1.84 bits per heavy atom. The molecule has 94 valence electrons. The Kier molecular flexibility index (Phi) is 3.15. The third-order valence-corrected chi connectivity index (χ3v) is 3.98. The van der Waals surface area contributed by atoms with E-state index < -0.39 is 0 Å². The van der Waals surface area contributed by atoms with Crippen molar-refractivity contribution in [1.82, 2.24) is 10.6 Å². The summed E-state index contributed by atoms with van der Waals surface area (Å²) in [6.45, 7) is 0. The van der Waals surface area contributed by atoms with Crippen molar-refractivity contribution in [3.05, 3.63) is 53.0 Å². The van der Waals surface area contributed by atoms with Gasteiger partial charge >= 0.3 is 0 Å². The maximum absolute atomic E-state index is 11.5. The van der Waals surface area contributed by atoms with E-state index >= 15 is 0 Å². The first-order valence-corrected chi connectivity index (χ1v) is 6.94. The molecule has 5 heteroatoms. The molecule has 1 amide bonds. The summed E-state index contributed by atoms with van der Waals surface area (Å²) in [7, 11) is 0. The van der Waals surface area contributed by atoms with E-state index in [0.717, 1.165) is 4.88 Å². The maximum atomic E-state index is 11.5. The molecule has 1 saturated heterocycles. The van der Waals surface area contributed by atoms with Gasteiger partial charge in [-0.05, 0) is 36.0 Å². The Balaban J connectivity index is 1.89. The molecule has 2 heterocycles. The molecule has 1 fully saturated rings. The lowest BCUT2D eigenvalue weighted by Crippen LogP contribution is -2.21. The van der Waals surface area contributed by atoms with E-state index in [-0.39, 0.29) is 5.91 Å². The summed E-state index contributed by atoms with van der Waals surface area (Å²) in [4.78, 5) is 13.7. The van der Waals surface area contributed by atoms with Crippen LogP contribution >= 0.6 is 23.6 Å². The van der Waals surface area contributed by atoms with E-state index in [1.807, 2.05) is 30.3 Å². The van der Waals surface area contributed by atoms with Crippen LogP contribution in [-0.4, -0.2) is 11.0 Å². The summed E-state index contributed by atoms with van der Waals surface area (Å²) in [5.74, 6) is -0.181. The van der Waals surface area contributed by atoms with Crippen LogP contribution in [0, 0.1) is 0 Å². The van der Waals surface area contributed by atoms with E-state index in [2.05, 4.69) is 28.8 Å². The van der Waals surface area contributed by atoms with Crippen LogP contribution in [0.15, 0.2) is 48.2 Å². The van der Waals surface area contributed by atoms with Gasteiger partial charge in [0, 0.05) is 9.75 Å². The summed E-state index contributed by atoms with van der Waals surface area (Å²) in [6, 6.07) is 14.2. The molecule has 2 N–H and O–H groups in total. The average Bonchev–Trinajstić information content (AvgIpc) is 2.99. The predicted molar refractivity (Wildman–Crippen MR) is 81.6 cm³/mol. The summed E-state index contributed by atoms with van der Waals surface area (Å²) in [5.41, 5.74) is 1.67. The normalized spacial score (nSPS) is 16.5. The van der Waals surface area contributed by atoms with Crippen molar-refractivity contribution in [1.29, 1.82) is 0 Å². The molecule has 0 spiro atoms. The van der Waals surface area contributed by atoms with Crippen molar-refractivity contribution in [2.75, 3.05) is 0 Å². The van der Waals surface area contributed by atoms with Crippen molar-refractivity contribution in [3.63, 3.8) is 0 Å². The Morgan fingerprint density at radius 1 is 1.05 bits per heavy atom. The molecule has 1 aromatic heterocycles. The van der Waals surface area contributed by atoms with Crippen molar-refractivity contribution in [2.24, 2.45) is 0 Å². The molecule has 3 nitrogen and oxygen atoms in total. The molecule has 0 atom stereocenters. The van der Waals surface area contributed by atoms with Gasteiger partial charge in [0.15, 0.2) is 5.11 Å². The fourth-order valence-corrected chi connectivity index (χ4v) is 2.97. The molecule has 1 aromatic carbocycles. The number of benzene rings is 1. The lowest BCUT2D eigenvalue weighted by atomic mass is 10.2. The fraction of sp³-hybridized carbons (Fsp3) is 0. The van der Waals surface area contributed by atoms with E-state index in [4.69, 9.17) is 12.2 Å². The van der Waals surface area contributed by atoms with Crippen LogP contribution in [0.2, 0.25) is 0 Å². The highest BCUT2D eigenvalue weighted by Gasteiger charge is 2.20. The van der Waals surface area contributed by atoms with E-state index in [9.17, 15) is 4.79 Å². The first kappa shape index (κ1) is 12.1. The molecule has 0 bridgehead atoms. The first-order valence-electron chi connectivity index (χ1n) is 5.72. The second-order valence-corrected chi connectivity index (χ2v) is 5.56.